The third-order valence-corrected chi connectivity index (χ3v) is 4.74. The van der Waals surface area contributed by atoms with Gasteiger partial charge in [-0.2, -0.15) is 0 Å². The predicted octanol–water partition coefficient (Wildman–Crippen LogP) is -0.666. The molecule has 9 nitrogen and oxygen atoms in total. The number of carbonyl (C=O) groups is 2. The Hall–Kier alpha value is -1.26. The first kappa shape index (κ1) is 28.9. The zero-order valence-electron chi connectivity index (χ0n) is 18.1. The Morgan fingerprint density at radius 2 is 1.21 bits per heavy atom. The number of carbonyl (C=O) groups excluding carboxylic acids is 2. The van der Waals surface area contributed by atoms with Gasteiger partial charge in [0.2, 0.25) is 11.8 Å². The third-order valence-electron chi connectivity index (χ3n) is 4.74. The van der Waals surface area contributed by atoms with E-state index in [0.717, 1.165) is 0 Å². The first-order valence-electron chi connectivity index (χ1n) is 9.78. The van der Waals surface area contributed by atoms with Crippen molar-refractivity contribution in [3.05, 3.63) is 0 Å². The molecule has 0 bridgehead atoms. The molecule has 0 aromatic rings. The molecule has 5 N–H and O–H groups in total. The molecule has 0 aromatic carbocycles. The first-order chi connectivity index (χ1) is 13.0. The van der Waals surface area contributed by atoms with Gasteiger partial charge >= 0.3 is 0 Å². The maximum absolute atomic E-state index is 11.2. The van der Waals surface area contributed by atoms with Gasteiger partial charge in [0.15, 0.2) is 0 Å². The lowest BCUT2D eigenvalue weighted by Crippen LogP contribution is -2.45. The lowest BCUT2D eigenvalue weighted by Gasteiger charge is -2.31. The van der Waals surface area contributed by atoms with Crippen LogP contribution in [0.25, 0.3) is 0 Å². The summed E-state index contributed by atoms with van der Waals surface area (Å²) in [6, 6.07) is -0.580. The van der Waals surface area contributed by atoms with Gasteiger partial charge in [0.1, 0.15) is 0 Å². The van der Waals surface area contributed by atoms with Crippen molar-refractivity contribution >= 4 is 11.8 Å². The SMILES string of the molecule is CCN(C(C)=O)C(C)C(O)CC(O)CO.CCN(C(C)=O)C(C)C(O)CCO. The summed E-state index contributed by atoms with van der Waals surface area (Å²) in [7, 11) is 0. The Labute approximate surface area is 168 Å². The quantitative estimate of drug-likeness (QED) is 0.305. The van der Waals surface area contributed by atoms with E-state index < -0.39 is 18.3 Å². The van der Waals surface area contributed by atoms with Gasteiger partial charge in [0, 0.05) is 40.0 Å². The molecule has 0 heterocycles. The van der Waals surface area contributed by atoms with Crippen LogP contribution in [0.4, 0.5) is 0 Å². The van der Waals surface area contributed by atoms with Crippen molar-refractivity contribution in [3.63, 3.8) is 0 Å². The normalized spacial score (nSPS) is 16.1. The van der Waals surface area contributed by atoms with Crippen molar-refractivity contribution in [2.45, 2.75) is 84.8 Å². The van der Waals surface area contributed by atoms with Crippen molar-refractivity contribution < 1.29 is 35.1 Å². The van der Waals surface area contributed by atoms with Crippen LogP contribution in [0.1, 0.15) is 54.4 Å². The molecule has 0 aliphatic rings. The third kappa shape index (κ3) is 10.9. The summed E-state index contributed by atoms with van der Waals surface area (Å²) in [6.07, 6.45) is -2.02. The Morgan fingerprint density at radius 3 is 1.50 bits per heavy atom. The lowest BCUT2D eigenvalue weighted by molar-refractivity contribution is -0.134. The molecule has 0 aliphatic heterocycles. The van der Waals surface area contributed by atoms with E-state index in [4.69, 9.17) is 15.3 Å². The van der Waals surface area contributed by atoms with E-state index >= 15 is 0 Å². The lowest BCUT2D eigenvalue weighted by atomic mass is 10.0. The topological polar surface area (TPSA) is 142 Å². The molecule has 0 rings (SSSR count). The summed E-state index contributed by atoms with van der Waals surface area (Å²) >= 11 is 0. The van der Waals surface area contributed by atoms with Crippen molar-refractivity contribution in [1.29, 1.82) is 0 Å². The van der Waals surface area contributed by atoms with Crippen LogP contribution in [-0.4, -0.2) is 104 Å². The minimum absolute atomic E-state index is 0.0491. The number of aliphatic hydroxyl groups is 5. The van der Waals surface area contributed by atoms with Gasteiger partial charge in [-0.15, -0.1) is 0 Å². The molecule has 9 heteroatoms. The molecule has 0 spiro atoms. The molecule has 5 unspecified atom stereocenters. The van der Waals surface area contributed by atoms with E-state index in [1.165, 1.54) is 18.7 Å². The van der Waals surface area contributed by atoms with E-state index in [2.05, 4.69) is 0 Å². The second kappa shape index (κ2) is 15.6. The Bertz CT molecular complexity index is 437. The Balaban J connectivity index is 0. The summed E-state index contributed by atoms with van der Waals surface area (Å²) in [5, 5.41) is 45.6. The average molecular weight is 409 g/mol. The van der Waals surface area contributed by atoms with E-state index in [0.29, 0.717) is 19.5 Å². The highest BCUT2D eigenvalue weighted by atomic mass is 16.3. The highest BCUT2D eigenvalue weighted by Crippen LogP contribution is 2.10. The van der Waals surface area contributed by atoms with Crippen molar-refractivity contribution in [2.24, 2.45) is 0 Å². The predicted molar refractivity (Wildman–Crippen MR) is 106 cm³/mol. The van der Waals surface area contributed by atoms with Gasteiger partial charge in [-0.25, -0.2) is 0 Å². The van der Waals surface area contributed by atoms with Gasteiger partial charge in [-0.3, -0.25) is 9.59 Å². The summed E-state index contributed by atoms with van der Waals surface area (Å²) in [5.41, 5.74) is 0. The average Bonchev–Trinajstić information content (AvgIpc) is 2.62. The second-order valence-corrected chi connectivity index (χ2v) is 6.81. The molecule has 5 atom stereocenters. The van der Waals surface area contributed by atoms with Crippen LogP contribution in [0.5, 0.6) is 0 Å². The van der Waals surface area contributed by atoms with Crippen LogP contribution in [-0.2, 0) is 9.59 Å². The number of aliphatic hydroxyl groups excluding tert-OH is 5. The first-order valence-corrected chi connectivity index (χ1v) is 9.78. The van der Waals surface area contributed by atoms with Crippen LogP contribution in [0.3, 0.4) is 0 Å². The summed E-state index contributed by atoms with van der Waals surface area (Å²) in [6.45, 7) is 10.8. The molecule has 0 fully saturated rings. The van der Waals surface area contributed by atoms with E-state index in [1.807, 2.05) is 13.8 Å². The maximum Gasteiger partial charge on any atom is 0.219 e. The summed E-state index contributed by atoms with van der Waals surface area (Å²) in [5.74, 6) is -0.158. The van der Waals surface area contributed by atoms with E-state index in [-0.39, 0.29) is 43.5 Å². The smallest absolute Gasteiger partial charge is 0.219 e. The van der Waals surface area contributed by atoms with Crippen LogP contribution in [0, 0.1) is 0 Å². The second-order valence-electron chi connectivity index (χ2n) is 6.81. The molecule has 0 saturated carbocycles. The summed E-state index contributed by atoms with van der Waals surface area (Å²) in [4.78, 5) is 25.4. The van der Waals surface area contributed by atoms with Gasteiger partial charge in [-0.05, 0) is 34.1 Å². The monoisotopic (exact) mass is 408 g/mol. The largest absolute Gasteiger partial charge is 0.396 e. The van der Waals surface area contributed by atoms with Gasteiger partial charge < -0.3 is 35.3 Å². The Kier molecular flexibility index (Phi) is 16.2. The summed E-state index contributed by atoms with van der Waals surface area (Å²) < 4.78 is 0. The van der Waals surface area contributed by atoms with Crippen LogP contribution in [0.2, 0.25) is 0 Å². The number of rotatable bonds is 11. The van der Waals surface area contributed by atoms with Gasteiger partial charge in [-0.1, -0.05) is 0 Å². The molecular formula is C19H40N2O7. The number of hydrogen-bond acceptors (Lipinski definition) is 7. The molecule has 0 radical (unpaired) electrons. The standard InChI is InChI=1S/C10H21NO4.C9H19NO3/c1-4-11(8(3)13)7(2)10(15)5-9(14)6-12;1-4-10(8(3)12)7(2)9(13)5-6-11/h7,9-10,12,14-15H,4-6H2,1-3H3;7,9,11,13H,4-6H2,1-3H3. The van der Waals surface area contributed by atoms with E-state index in [9.17, 15) is 19.8 Å². The van der Waals surface area contributed by atoms with Gasteiger partial charge in [0.05, 0.1) is 37.0 Å². The van der Waals surface area contributed by atoms with Crippen molar-refractivity contribution in [2.75, 3.05) is 26.3 Å². The zero-order chi connectivity index (χ0) is 22.4. The van der Waals surface area contributed by atoms with Crippen LogP contribution < -0.4 is 0 Å². The van der Waals surface area contributed by atoms with Crippen molar-refractivity contribution in [1.82, 2.24) is 9.80 Å². The fourth-order valence-corrected chi connectivity index (χ4v) is 2.93. The fraction of sp³-hybridized carbons (Fsp3) is 0.895. The molecule has 168 valence electrons. The Morgan fingerprint density at radius 1 is 0.821 bits per heavy atom. The maximum atomic E-state index is 11.2. The highest BCUT2D eigenvalue weighted by molar-refractivity contribution is 5.73. The van der Waals surface area contributed by atoms with Crippen molar-refractivity contribution in [3.8, 4) is 0 Å². The number of likely N-dealkylation sites (N-methyl/N-ethyl adjacent to an activating group) is 2. The molecule has 2 amide bonds. The molecular weight excluding hydrogens is 368 g/mol. The minimum Gasteiger partial charge on any atom is -0.396 e. The van der Waals surface area contributed by atoms with Crippen LogP contribution >= 0.6 is 0 Å². The molecule has 0 aromatic heterocycles. The molecule has 0 aliphatic carbocycles. The zero-order valence-corrected chi connectivity index (χ0v) is 18.1. The van der Waals surface area contributed by atoms with Crippen LogP contribution in [0.15, 0.2) is 0 Å². The fourth-order valence-electron chi connectivity index (χ4n) is 2.93. The molecule has 28 heavy (non-hydrogen) atoms. The number of hydrogen-bond donors (Lipinski definition) is 5. The van der Waals surface area contributed by atoms with E-state index in [1.54, 1.807) is 18.7 Å². The highest BCUT2D eigenvalue weighted by Gasteiger charge is 2.24. The van der Waals surface area contributed by atoms with Gasteiger partial charge in [0.25, 0.3) is 0 Å². The minimum atomic E-state index is -0.937. The number of nitrogens with zero attached hydrogens (tertiary/aromatic N) is 2. The number of amides is 2. The molecule has 0 saturated heterocycles.